The van der Waals surface area contributed by atoms with Crippen LogP contribution in [0.1, 0.15) is 0 Å². The van der Waals surface area contributed by atoms with Crippen molar-refractivity contribution in [2.75, 3.05) is 4.90 Å². The van der Waals surface area contributed by atoms with Crippen LogP contribution >= 0.6 is 11.8 Å². The summed E-state index contributed by atoms with van der Waals surface area (Å²) < 4.78 is 7.50. The fraction of sp³-hybridized carbons (Fsp3) is 0. The zero-order valence-electron chi connectivity index (χ0n) is 58.8. The molecule has 22 rings (SSSR count). The summed E-state index contributed by atoms with van der Waals surface area (Å²) in [7, 11) is 0. The van der Waals surface area contributed by atoms with Gasteiger partial charge in [-0.25, -0.2) is 0 Å². The van der Waals surface area contributed by atoms with E-state index in [1.807, 2.05) is 11.8 Å². The average Bonchev–Trinajstić information content (AvgIpc) is 1.26. The number of anilines is 3. The number of benzene rings is 17. The van der Waals surface area contributed by atoms with Crippen LogP contribution < -0.4 is 21.3 Å². The molecule has 3 aromatic heterocycles. The molecule has 17 aromatic carbocycles. The van der Waals surface area contributed by atoms with Crippen molar-refractivity contribution in [3.05, 3.63) is 394 Å². The third-order valence-electron chi connectivity index (χ3n) is 22.7. The van der Waals surface area contributed by atoms with E-state index in [4.69, 9.17) is 0 Å². The molecule has 0 unspecified atom stereocenters. The number of fused-ring (bicyclic) bond motifs is 14. The average molecular weight is 1390 g/mol. The van der Waals surface area contributed by atoms with Crippen LogP contribution in [0.3, 0.4) is 0 Å². The van der Waals surface area contributed by atoms with E-state index in [1.165, 1.54) is 108 Å². The SMILES string of the molecule is c1ccc(-c2cccc(-c3ccc4c(c3)c3ccccc3n4-c3ccc4c(c3)N(c3c(-c5ccccc5)cccc3-c3ccccc3)c3cc(-c5c(-c6ccccc6)cccc5-c5ccccc5)cc5c3B4c3ccc4c(c3S5)c3cc(-n5c6ccccc6c6ccccc65)ccc3n4-c3ccccc3)c2)cc1. The molecular weight excluding hydrogens is 1320 g/mol. The Labute approximate surface area is 630 Å². The van der Waals surface area contributed by atoms with Crippen LogP contribution in [0, 0.1) is 0 Å². The Balaban J connectivity index is 0.864. The van der Waals surface area contributed by atoms with E-state index in [0.29, 0.717) is 0 Å². The van der Waals surface area contributed by atoms with Crippen LogP contribution in [-0.4, -0.2) is 20.4 Å². The van der Waals surface area contributed by atoms with E-state index in [1.54, 1.807) is 0 Å². The molecule has 4 nitrogen and oxygen atoms in total. The minimum absolute atomic E-state index is 0.213. The highest BCUT2D eigenvalue weighted by atomic mass is 32.2. The highest BCUT2D eigenvalue weighted by molar-refractivity contribution is 8.00. The van der Waals surface area contributed by atoms with Gasteiger partial charge in [-0.05, 0) is 175 Å². The molecule has 0 spiro atoms. The van der Waals surface area contributed by atoms with Crippen molar-refractivity contribution in [1.29, 1.82) is 0 Å². The lowest BCUT2D eigenvalue weighted by atomic mass is 9.34. The van der Waals surface area contributed by atoms with Crippen LogP contribution in [0.2, 0.25) is 0 Å². The second kappa shape index (κ2) is 25.0. The third-order valence-corrected chi connectivity index (χ3v) is 23.9. The lowest BCUT2D eigenvalue weighted by molar-refractivity contribution is 1.16. The minimum atomic E-state index is -0.213. The smallest absolute Gasteiger partial charge is 0.249 e. The number of para-hydroxylation sites is 5. The maximum atomic E-state index is 2.70. The summed E-state index contributed by atoms with van der Waals surface area (Å²) in [4.78, 5) is 5.18. The molecule has 2 aliphatic heterocycles. The summed E-state index contributed by atoms with van der Waals surface area (Å²) in [6.45, 7) is -0.213. The topological polar surface area (TPSA) is 18.0 Å². The summed E-state index contributed by atoms with van der Waals surface area (Å²) in [5.41, 5.74) is 33.8. The number of hydrogen-bond acceptors (Lipinski definition) is 2. The fourth-order valence-corrected chi connectivity index (χ4v) is 19.4. The summed E-state index contributed by atoms with van der Waals surface area (Å²) >= 11 is 1.95. The molecular formula is C102H65BN4S. The normalized spacial score (nSPS) is 12.4. The van der Waals surface area contributed by atoms with Crippen LogP contribution in [-0.2, 0) is 0 Å². The van der Waals surface area contributed by atoms with Gasteiger partial charge in [0.2, 0.25) is 6.71 Å². The monoisotopic (exact) mass is 1390 g/mol. The van der Waals surface area contributed by atoms with Crippen molar-refractivity contribution in [1.82, 2.24) is 13.7 Å². The third kappa shape index (κ3) is 9.74. The van der Waals surface area contributed by atoms with E-state index in [0.717, 1.165) is 95.1 Å². The van der Waals surface area contributed by atoms with Gasteiger partial charge in [-0.1, -0.05) is 314 Å². The van der Waals surface area contributed by atoms with Gasteiger partial charge >= 0.3 is 0 Å². The summed E-state index contributed by atoms with van der Waals surface area (Å²) in [5, 5.41) is 7.33. The molecule has 0 saturated heterocycles. The Morgan fingerprint density at radius 1 is 0.231 bits per heavy atom. The first kappa shape index (κ1) is 61.8. The molecule has 0 atom stereocenters. The Kier molecular flexibility index (Phi) is 14.3. The van der Waals surface area contributed by atoms with Gasteiger partial charge in [0, 0.05) is 81.7 Å². The molecule has 2 aliphatic rings. The maximum absolute atomic E-state index is 2.70. The predicted octanol–water partition coefficient (Wildman–Crippen LogP) is 25.4. The summed E-state index contributed by atoms with van der Waals surface area (Å²) in [5.74, 6) is 0. The number of nitrogens with zero attached hydrogens (tertiary/aromatic N) is 4. The van der Waals surface area contributed by atoms with E-state index in [-0.39, 0.29) is 6.71 Å². The molecule has 6 heteroatoms. The molecule has 20 aromatic rings. The standard InChI is InChI=1S/C102H65BN4S/c1-7-28-66(29-8-1)71-38-25-39-72(60-71)73-52-57-92-85(61-73)84-44-21-24-51-91(84)106(92)77-53-55-87-95(65-77)107(101-80(69-34-13-4-14-35-69)47-27-48-81(101)70-36-15-5-16-37-70)96-62-74(98-78(67-30-9-2-10-31-67)45-26-46-79(98)68-32-11-3-12-33-68)63-97-100(96)103(87)88-56-59-94-99(102(88)108-97)86-64-76(54-58-93(86)104(94)75-40-17-6-18-41-75)105-89-49-22-19-42-82(89)83-43-20-23-50-90(83)105/h1-65H. The maximum Gasteiger partial charge on any atom is 0.249 e. The van der Waals surface area contributed by atoms with Crippen molar-refractivity contribution in [3.63, 3.8) is 0 Å². The van der Waals surface area contributed by atoms with Gasteiger partial charge in [-0.3, -0.25) is 0 Å². The van der Waals surface area contributed by atoms with E-state index < -0.39 is 0 Å². The Hall–Kier alpha value is -13.6. The summed E-state index contributed by atoms with van der Waals surface area (Å²) in [6, 6.07) is 147. The van der Waals surface area contributed by atoms with Gasteiger partial charge in [0.25, 0.3) is 0 Å². The first-order valence-electron chi connectivity index (χ1n) is 37.2. The molecule has 108 heavy (non-hydrogen) atoms. The van der Waals surface area contributed by atoms with Crippen LogP contribution in [0.5, 0.6) is 0 Å². The number of hydrogen-bond donors (Lipinski definition) is 0. The predicted molar refractivity (Wildman–Crippen MR) is 457 cm³/mol. The lowest BCUT2D eigenvalue weighted by Crippen LogP contribution is -2.60. The first-order chi connectivity index (χ1) is 53.6. The molecule has 0 amide bonds. The van der Waals surface area contributed by atoms with Gasteiger partial charge in [0.1, 0.15) is 0 Å². The van der Waals surface area contributed by atoms with Crippen LogP contribution in [0.15, 0.2) is 404 Å². The fourth-order valence-electron chi connectivity index (χ4n) is 18.0. The van der Waals surface area contributed by atoms with Gasteiger partial charge in [-0.2, -0.15) is 0 Å². The molecule has 0 saturated carbocycles. The van der Waals surface area contributed by atoms with Gasteiger partial charge < -0.3 is 18.6 Å². The zero-order chi connectivity index (χ0) is 70.9. The lowest BCUT2D eigenvalue weighted by Gasteiger charge is -2.42. The van der Waals surface area contributed by atoms with Gasteiger partial charge in [-0.15, -0.1) is 0 Å². The van der Waals surface area contributed by atoms with Crippen molar-refractivity contribution in [2.45, 2.75) is 9.79 Å². The molecule has 0 aliphatic carbocycles. The minimum Gasteiger partial charge on any atom is -0.310 e. The largest absolute Gasteiger partial charge is 0.310 e. The molecule has 0 N–H and O–H groups in total. The van der Waals surface area contributed by atoms with E-state index in [9.17, 15) is 0 Å². The van der Waals surface area contributed by atoms with Gasteiger partial charge in [0.05, 0.1) is 38.8 Å². The zero-order valence-corrected chi connectivity index (χ0v) is 59.6. The number of rotatable bonds is 11. The van der Waals surface area contributed by atoms with Crippen molar-refractivity contribution in [2.24, 2.45) is 0 Å². The second-order valence-corrected chi connectivity index (χ2v) is 29.6. The van der Waals surface area contributed by atoms with Gasteiger partial charge in [0.15, 0.2) is 0 Å². The van der Waals surface area contributed by atoms with Crippen LogP contribution in [0.4, 0.5) is 17.1 Å². The molecule has 0 radical (unpaired) electrons. The Morgan fingerprint density at radius 2 is 0.648 bits per heavy atom. The molecule has 502 valence electrons. The first-order valence-corrected chi connectivity index (χ1v) is 38.1. The van der Waals surface area contributed by atoms with E-state index in [2.05, 4.69) is 413 Å². The Morgan fingerprint density at radius 3 is 1.24 bits per heavy atom. The quantitative estimate of drug-likeness (QED) is 0.120. The molecule has 5 heterocycles. The second-order valence-electron chi connectivity index (χ2n) is 28.6. The summed E-state index contributed by atoms with van der Waals surface area (Å²) in [6.07, 6.45) is 0. The van der Waals surface area contributed by atoms with Crippen molar-refractivity contribution in [3.8, 4) is 95.0 Å². The number of aromatic nitrogens is 3. The Bertz CT molecular complexity index is 6840. The van der Waals surface area contributed by atoms with E-state index >= 15 is 0 Å². The highest BCUT2D eigenvalue weighted by Gasteiger charge is 2.44. The van der Waals surface area contributed by atoms with Crippen LogP contribution in [0.25, 0.3) is 160 Å². The molecule has 0 fully saturated rings. The molecule has 0 bridgehead atoms. The van der Waals surface area contributed by atoms with Crippen molar-refractivity contribution < 1.29 is 0 Å². The van der Waals surface area contributed by atoms with Crippen molar-refractivity contribution >= 4 is 117 Å². The highest BCUT2D eigenvalue weighted by Crippen LogP contribution is 2.54.